The Kier molecular flexibility index (Phi) is 5.26. The molecule has 6 heteroatoms. The van der Waals surface area contributed by atoms with Gasteiger partial charge in [-0.15, -0.1) is 0 Å². The highest BCUT2D eigenvalue weighted by Crippen LogP contribution is 2.29. The Balaban J connectivity index is 1.83. The van der Waals surface area contributed by atoms with E-state index in [0.29, 0.717) is 18.2 Å². The van der Waals surface area contributed by atoms with E-state index in [1.54, 1.807) is 0 Å². The highest BCUT2D eigenvalue weighted by molar-refractivity contribution is 5.67. The highest BCUT2D eigenvalue weighted by atomic mass is 16.6. The molecule has 0 aliphatic heterocycles. The first-order valence-electron chi connectivity index (χ1n) is 7.48. The normalized spacial score (nSPS) is 11.1. The van der Waals surface area contributed by atoms with Gasteiger partial charge in [-0.05, 0) is 32.9 Å². The molecule has 1 amide bonds. The van der Waals surface area contributed by atoms with Crippen molar-refractivity contribution in [2.75, 3.05) is 13.2 Å². The summed E-state index contributed by atoms with van der Waals surface area (Å²) < 4.78 is 16.0. The van der Waals surface area contributed by atoms with Crippen molar-refractivity contribution in [2.45, 2.75) is 33.3 Å². The van der Waals surface area contributed by atoms with Crippen LogP contribution in [0.25, 0.3) is 11.3 Å². The average molecular weight is 318 g/mol. The second-order valence-corrected chi connectivity index (χ2v) is 6.09. The molecule has 0 unspecified atom stereocenters. The standard InChI is InChI=1S/C17H22N2O4/c1-12-14(13-8-6-5-7-9-13)23-19-15(12)21-11-10-18-16(20)22-17(2,3)4/h5-9H,10-11H2,1-4H3,(H,18,20). The summed E-state index contributed by atoms with van der Waals surface area (Å²) in [4.78, 5) is 11.5. The van der Waals surface area contributed by atoms with Crippen LogP contribution in [0.5, 0.6) is 5.88 Å². The number of benzene rings is 1. The molecular formula is C17H22N2O4. The van der Waals surface area contributed by atoms with E-state index < -0.39 is 11.7 Å². The molecule has 0 aliphatic carbocycles. The molecule has 2 rings (SSSR count). The van der Waals surface area contributed by atoms with Gasteiger partial charge in [-0.1, -0.05) is 30.3 Å². The van der Waals surface area contributed by atoms with Crippen LogP contribution in [-0.4, -0.2) is 30.0 Å². The Labute approximate surface area is 135 Å². The van der Waals surface area contributed by atoms with Crippen LogP contribution in [-0.2, 0) is 4.74 Å². The minimum atomic E-state index is -0.516. The van der Waals surface area contributed by atoms with Gasteiger partial charge in [0.2, 0.25) is 0 Å². The summed E-state index contributed by atoms with van der Waals surface area (Å²) in [5, 5.41) is 6.55. The second-order valence-electron chi connectivity index (χ2n) is 6.09. The van der Waals surface area contributed by atoms with Crippen molar-refractivity contribution < 1.29 is 18.8 Å². The summed E-state index contributed by atoms with van der Waals surface area (Å²) >= 11 is 0. The van der Waals surface area contributed by atoms with Gasteiger partial charge in [-0.25, -0.2) is 4.79 Å². The SMILES string of the molecule is Cc1c(OCCNC(=O)OC(C)(C)C)noc1-c1ccccc1. The third kappa shape index (κ3) is 5.02. The maximum absolute atomic E-state index is 11.5. The molecule has 0 fully saturated rings. The number of carbonyl (C=O) groups is 1. The summed E-state index contributed by atoms with van der Waals surface area (Å²) in [6, 6.07) is 9.70. The summed E-state index contributed by atoms with van der Waals surface area (Å²) in [6.45, 7) is 7.92. The maximum atomic E-state index is 11.5. The number of ether oxygens (including phenoxy) is 2. The maximum Gasteiger partial charge on any atom is 0.407 e. The second kappa shape index (κ2) is 7.17. The molecule has 0 radical (unpaired) electrons. The van der Waals surface area contributed by atoms with Crippen molar-refractivity contribution in [2.24, 2.45) is 0 Å². The monoisotopic (exact) mass is 318 g/mol. The quantitative estimate of drug-likeness (QED) is 0.853. The number of aromatic nitrogens is 1. The van der Waals surface area contributed by atoms with E-state index in [2.05, 4.69) is 10.5 Å². The third-order valence-electron chi connectivity index (χ3n) is 2.93. The number of hydrogen-bond donors (Lipinski definition) is 1. The molecule has 1 aromatic carbocycles. The smallest absolute Gasteiger partial charge is 0.407 e. The van der Waals surface area contributed by atoms with Crippen molar-refractivity contribution in [3.05, 3.63) is 35.9 Å². The van der Waals surface area contributed by atoms with Crippen LogP contribution in [0.15, 0.2) is 34.9 Å². The predicted molar refractivity (Wildman–Crippen MR) is 86.4 cm³/mol. The Bertz CT molecular complexity index is 644. The van der Waals surface area contributed by atoms with E-state index in [1.807, 2.05) is 58.0 Å². The number of hydrogen-bond acceptors (Lipinski definition) is 5. The molecule has 0 atom stereocenters. The molecular weight excluding hydrogens is 296 g/mol. The number of carbonyl (C=O) groups excluding carboxylic acids is 1. The molecule has 0 saturated carbocycles. The van der Waals surface area contributed by atoms with Crippen LogP contribution in [0.3, 0.4) is 0 Å². The van der Waals surface area contributed by atoms with Crippen LogP contribution in [0.1, 0.15) is 26.3 Å². The lowest BCUT2D eigenvalue weighted by molar-refractivity contribution is 0.0519. The molecule has 1 N–H and O–H groups in total. The zero-order valence-electron chi connectivity index (χ0n) is 13.9. The third-order valence-corrected chi connectivity index (χ3v) is 2.93. The van der Waals surface area contributed by atoms with Crippen LogP contribution < -0.4 is 10.1 Å². The largest absolute Gasteiger partial charge is 0.473 e. The number of nitrogens with one attached hydrogen (secondary N) is 1. The zero-order chi connectivity index (χ0) is 16.9. The minimum Gasteiger partial charge on any atom is -0.473 e. The van der Waals surface area contributed by atoms with E-state index in [1.165, 1.54) is 0 Å². The van der Waals surface area contributed by atoms with Crippen LogP contribution in [0.2, 0.25) is 0 Å². The molecule has 1 heterocycles. The molecule has 23 heavy (non-hydrogen) atoms. The van der Waals surface area contributed by atoms with Gasteiger partial charge in [0, 0.05) is 5.56 Å². The fraction of sp³-hybridized carbons (Fsp3) is 0.412. The zero-order valence-corrected chi connectivity index (χ0v) is 13.9. The Morgan fingerprint density at radius 3 is 2.61 bits per heavy atom. The van der Waals surface area contributed by atoms with Gasteiger partial charge in [-0.3, -0.25) is 0 Å². The molecule has 2 aromatic rings. The van der Waals surface area contributed by atoms with Gasteiger partial charge in [0.15, 0.2) is 5.76 Å². The van der Waals surface area contributed by atoms with E-state index in [0.717, 1.165) is 11.1 Å². The van der Waals surface area contributed by atoms with E-state index >= 15 is 0 Å². The first kappa shape index (κ1) is 16.9. The lowest BCUT2D eigenvalue weighted by Gasteiger charge is -2.19. The molecule has 0 bridgehead atoms. The fourth-order valence-corrected chi connectivity index (χ4v) is 1.93. The van der Waals surface area contributed by atoms with Crippen molar-refractivity contribution in [3.8, 4) is 17.2 Å². The van der Waals surface area contributed by atoms with Crippen molar-refractivity contribution in [3.63, 3.8) is 0 Å². The Morgan fingerprint density at radius 2 is 1.96 bits per heavy atom. The first-order valence-corrected chi connectivity index (χ1v) is 7.48. The molecule has 124 valence electrons. The Morgan fingerprint density at radius 1 is 1.26 bits per heavy atom. The van der Waals surface area contributed by atoms with Gasteiger partial charge in [0.25, 0.3) is 5.88 Å². The number of alkyl carbamates (subject to hydrolysis) is 1. The Hall–Kier alpha value is -2.50. The van der Waals surface area contributed by atoms with Crippen LogP contribution in [0.4, 0.5) is 4.79 Å². The van der Waals surface area contributed by atoms with Crippen molar-refractivity contribution in [1.82, 2.24) is 10.5 Å². The molecule has 0 saturated heterocycles. The van der Waals surface area contributed by atoms with Gasteiger partial charge in [0.1, 0.15) is 12.2 Å². The summed E-state index contributed by atoms with van der Waals surface area (Å²) in [5.74, 6) is 1.11. The van der Waals surface area contributed by atoms with Gasteiger partial charge >= 0.3 is 6.09 Å². The molecule has 0 spiro atoms. The topological polar surface area (TPSA) is 73.6 Å². The molecule has 1 aromatic heterocycles. The van der Waals surface area contributed by atoms with Crippen LogP contribution >= 0.6 is 0 Å². The van der Waals surface area contributed by atoms with E-state index in [4.69, 9.17) is 14.0 Å². The number of amides is 1. The van der Waals surface area contributed by atoms with Crippen molar-refractivity contribution in [1.29, 1.82) is 0 Å². The average Bonchev–Trinajstić information content (AvgIpc) is 2.84. The number of rotatable bonds is 5. The van der Waals surface area contributed by atoms with Crippen LogP contribution in [0, 0.1) is 6.92 Å². The van der Waals surface area contributed by atoms with E-state index in [9.17, 15) is 4.79 Å². The lowest BCUT2D eigenvalue weighted by Crippen LogP contribution is -2.34. The molecule has 0 aliphatic rings. The van der Waals surface area contributed by atoms with Gasteiger partial charge in [-0.2, -0.15) is 0 Å². The van der Waals surface area contributed by atoms with Crippen molar-refractivity contribution >= 4 is 6.09 Å². The van der Waals surface area contributed by atoms with Gasteiger partial charge < -0.3 is 19.3 Å². The minimum absolute atomic E-state index is 0.279. The molecule has 6 nitrogen and oxygen atoms in total. The predicted octanol–water partition coefficient (Wildman–Crippen LogP) is 3.55. The summed E-state index contributed by atoms with van der Waals surface area (Å²) in [6.07, 6.45) is -0.469. The first-order chi connectivity index (χ1) is 10.9. The fourth-order valence-electron chi connectivity index (χ4n) is 1.93. The van der Waals surface area contributed by atoms with E-state index in [-0.39, 0.29) is 6.61 Å². The highest BCUT2D eigenvalue weighted by Gasteiger charge is 2.16. The summed E-state index contributed by atoms with van der Waals surface area (Å²) in [7, 11) is 0. The van der Waals surface area contributed by atoms with Gasteiger partial charge in [0.05, 0.1) is 12.1 Å². The summed E-state index contributed by atoms with van der Waals surface area (Å²) in [5.41, 5.74) is 1.26. The lowest BCUT2D eigenvalue weighted by atomic mass is 10.1. The number of nitrogens with zero attached hydrogens (tertiary/aromatic N) is 1.